The number of nitrogens with one attached hydrogen (secondary N) is 1. The first kappa shape index (κ1) is 15.3. The van der Waals surface area contributed by atoms with Crippen molar-refractivity contribution in [3.8, 4) is 5.75 Å². The quantitative estimate of drug-likeness (QED) is 0.879. The SMILES string of the molecule is COc1ccc(NC(=O)OC(C)(C)C)cc1CCO. The molecular weight excluding hydrogens is 246 g/mol. The minimum atomic E-state index is -0.537. The van der Waals surface area contributed by atoms with Crippen LogP contribution in [0.4, 0.5) is 10.5 Å². The van der Waals surface area contributed by atoms with Gasteiger partial charge in [-0.25, -0.2) is 4.79 Å². The highest BCUT2D eigenvalue weighted by atomic mass is 16.6. The lowest BCUT2D eigenvalue weighted by molar-refractivity contribution is 0.0636. The molecule has 0 bridgehead atoms. The lowest BCUT2D eigenvalue weighted by Gasteiger charge is -2.20. The molecule has 1 aromatic rings. The summed E-state index contributed by atoms with van der Waals surface area (Å²) in [6.45, 7) is 5.43. The van der Waals surface area contributed by atoms with Gasteiger partial charge in [-0.1, -0.05) is 0 Å². The van der Waals surface area contributed by atoms with Crippen molar-refractivity contribution in [1.82, 2.24) is 0 Å². The second kappa shape index (κ2) is 6.43. The lowest BCUT2D eigenvalue weighted by Crippen LogP contribution is -2.27. The van der Waals surface area contributed by atoms with Crippen LogP contribution in [0.25, 0.3) is 0 Å². The number of carbonyl (C=O) groups is 1. The van der Waals surface area contributed by atoms with Crippen LogP contribution in [0.15, 0.2) is 18.2 Å². The maximum Gasteiger partial charge on any atom is 0.412 e. The monoisotopic (exact) mass is 267 g/mol. The van der Waals surface area contributed by atoms with Crippen LogP contribution in [-0.4, -0.2) is 30.5 Å². The summed E-state index contributed by atoms with van der Waals surface area (Å²) >= 11 is 0. The predicted molar refractivity (Wildman–Crippen MR) is 73.6 cm³/mol. The molecule has 0 aromatic heterocycles. The third-order valence-corrected chi connectivity index (χ3v) is 2.31. The Kier molecular flexibility index (Phi) is 5.18. The number of aliphatic hydroxyl groups is 1. The molecule has 1 rings (SSSR count). The van der Waals surface area contributed by atoms with Crippen molar-refractivity contribution in [2.24, 2.45) is 0 Å². The predicted octanol–water partition coefficient (Wildman–Crippen LogP) is 2.58. The molecule has 0 aliphatic heterocycles. The summed E-state index contributed by atoms with van der Waals surface area (Å²) in [4.78, 5) is 11.6. The van der Waals surface area contributed by atoms with E-state index in [1.54, 1.807) is 46.1 Å². The average molecular weight is 267 g/mol. The van der Waals surface area contributed by atoms with E-state index < -0.39 is 11.7 Å². The van der Waals surface area contributed by atoms with Crippen LogP contribution in [0.1, 0.15) is 26.3 Å². The number of methoxy groups -OCH3 is 1. The van der Waals surface area contributed by atoms with E-state index in [9.17, 15) is 4.79 Å². The van der Waals surface area contributed by atoms with Gasteiger partial charge in [-0.05, 0) is 51.0 Å². The second-order valence-electron chi connectivity index (χ2n) is 5.13. The molecule has 0 radical (unpaired) electrons. The number of rotatable bonds is 4. The minimum absolute atomic E-state index is 0.0201. The molecule has 0 heterocycles. The Hall–Kier alpha value is -1.75. The fourth-order valence-electron chi connectivity index (χ4n) is 1.59. The van der Waals surface area contributed by atoms with Crippen molar-refractivity contribution in [3.63, 3.8) is 0 Å². The number of amides is 1. The van der Waals surface area contributed by atoms with E-state index >= 15 is 0 Å². The van der Waals surface area contributed by atoms with Crippen LogP contribution in [0.5, 0.6) is 5.75 Å². The maximum absolute atomic E-state index is 11.6. The normalized spacial score (nSPS) is 11.0. The summed E-state index contributed by atoms with van der Waals surface area (Å²) in [5.74, 6) is 0.684. The number of aliphatic hydroxyl groups excluding tert-OH is 1. The lowest BCUT2D eigenvalue weighted by atomic mass is 10.1. The fraction of sp³-hybridized carbons (Fsp3) is 0.500. The molecule has 0 saturated carbocycles. The Labute approximate surface area is 113 Å². The summed E-state index contributed by atoms with van der Waals surface area (Å²) in [6, 6.07) is 5.24. The highest BCUT2D eigenvalue weighted by Crippen LogP contribution is 2.23. The van der Waals surface area contributed by atoms with E-state index in [4.69, 9.17) is 14.6 Å². The van der Waals surface area contributed by atoms with Crippen LogP contribution in [0.3, 0.4) is 0 Å². The first-order valence-corrected chi connectivity index (χ1v) is 6.13. The molecule has 0 saturated heterocycles. The molecule has 5 heteroatoms. The molecule has 106 valence electrons. The first-order chi connectivity index (χ1) is 8.85. The van der Waals surface area contributed by atoms with Gasteiger partial charge in [0.1, 0.15) is 11.4 Å². The van der Waals surface area contributed by atoms with Gasteiger partial charge in [-0.2, -0.15) is 0 Å². The zero-order chi connectivity index (χ0) is 14.5. The fourth-order valence-corrected chi connectivity index (χ4v) is 1.59. The van der Waals surface area contributed by atoms with Crippen LogP contribution in [0, 0.1) is 0 Å². The Morgan fingerprint density at radius 3 is 2.58 bits per heavy atom. The van der Waals surface area contributed by atoms with E-state index in [1.165, 1.54) is 0 Å². The number of benzene rings is 1. The molecule has 0 aliphatic rings. The molecule has 1 amide bonds. The maximum atomic E-state index is 11.6. The van der Waals surface area contributed by atoms with E-state index in [2.05, 4.69) is 5.32 Å². The molecule has 2 N–H and O–H groups in total. The zero-order valence-electron chi connectivity index (χ0n) is 11.8. The Bertz CT molecular complexity index is 438. The number of ether oxygens (including phenoxy) is 2. The van der Waals surface area contributed by atoms with Crippen LogP contribution < -0.4 is 10.1 Å². The molecule has 1 aromatic carbocycles. The van der Waals surface area contributed by atoms with Crippen molar-refractivity contribution in [2.45, 2.75) is 32.8 Å². The van der Waals surface area contributed by atoms with Gasteiger partial charge in [0, 0.05) is 12.3 Å². The van der Waals surface area contributed by atoms with E-state index in [0.29, 0.717) is 17.9 Å². The average Bonchev–Trinajstić information content (AvgIpc) is 2.27. The third-order valence-electron chi connectivity index (χ3n) is 2.31. The number of hydrogen-bond donors (Lipinski definition) is 2. The zero-order valence-corrected chi connectivity index (χ0v) is 11.8. The molecule has 0 atom stereocenters. The van der Waals surface area contributed by atoms with E-state index in [0.717, 1.165) is 5.56 Å². The van der Waals surface area contributed by atoms with Crippen molar-refractivity contribution in [2.75, 3.05) is 19.0 Å². The Morgan fingerprint density at radius 1 is 1.37 bits per heavy atom. The molecule has 0 unspecified atom stereocenters. The van der Waals surface area contributed by atoms with Gasteiger partial charge in [-0.3, -0.25) is 5.32 Å². The van der Waals surface area contributed by atoms with Gasteiger partial charge in [0.2, 0.25) is 0 Å². The molecule has 5 nitrogen and oxygen atoms in total. The van der Waals surface area contributed by atoms with E-state index in [-0.39, 0.29) is 6.61 Å². The third kappa shape index (κ3) is 5.18. The summed E-state index contributed by atoms with van der Waals surface area (Å²) in [5, 5.41) is 11.6. The Morgan fingerprint density at radius 2 is 2.05 bits per heavy atom. The van der Waals surface area contributed by atoms with Gasteiger partial charge < -0.3 is 14.6 Å². The summed E-state index contributed by atoms with van der Waals surface area (Å²) in [5.41, 5.74) is 0.905. The van der Waals surface area contributed by atoms with Crippen LogP contribution >= 0.6 is 0 Å². The summed E-state index contributed by atoms with van der Waals surface area (Å²) in [7, 11) is 1.57. The van der Waals surface area contributed by atoms with Crippen molar-refractivity contribution in [3.05, 3.63) is 23.8 Å². The van der Waals surface area contributed by atoms with Crippen molar-refractivity contribution in [1.29, 1.82) is 0 Å². The smallest absolute Gasteiger partial charge is 0.412 e. The molecular formula is C14H21NO4. The van der Waals surface area contributed by atoms with Gasteiger partial charge in [0.15, 0.2) is 0 Å². The van der Waals surface area contributed by atoms with Gasteiger partial charge in [0.25, 0.3) is 0 Å². The number of hydrogen-bond acceptors (Lipinski definition) is 4. The van der Waals surface area contributed by atoms with Crippen LogP contribution in [-0.2, 0) is 11.2 Å². The van der Waals surface area contributed by atoms with Crippen molar-refractivity contribution >= 4 is 11.8 Å². The highest BCUT2D eigenvalue weighted by Gasteiger charge is 2.16. The number of carbonyl (C=O) groups excluding carboxylic acids is 1. The van der Waals surface area contributed by atoms with Crippen molar-refractivity contribution < 1.29 is 19.4 Å². The molecule has 0 fully saturated rings. The number of anilines is 1. The molecule has 0 spiro atoms. The minimum Gasteiger partial charge on any atom is -0.496 e. The van der Waals surface area contributed by atoms with Gasteiger partial charge in [0.05, 0.1) is 7.11 Å². The van der Waals surface area contributed by atoms with Gasteiger partial charge in [-0.15, -0.1) is 0 Å². The summed E-state index contributed by atoms with van der Waals surface area (Å²) < 4.78 is 10.4. The Balaban J connectivity index is 2.79. The largest absolute Gasteiger partial charge is 0.496 e. The van der Waals surface area contributed by atoms with Crippen LogP contribution in [0.2, 0.25) is 0 Å². The highest BCUT2D eigenvalue weighted by molar-refractivity contribution is 5.85. The van der Waals surface area contributed by atoms with Gasteiger partial charge >= 0.3 is 6.09 Å². The van der Waals surface area contributed by atoms with E-state index in [1.807, 2.05) is 0 Å². The first-order valence-electron chi connectivity index (χ1n) is 6.13. The molecule has 19 heavy (non-hydrogen) atoms. The molecule has 0 aliphatic carbocycles. The standard InChI is InChI=1S/C14H21NO4/c1-14(2,3)19-13(17)15-11-5-6-12(18-4)10(9-11)7-8-16/h5-6,9,16H,7-8H2,1-4H3,(H,15,17). The topological polar surface area (TPSA) is 67.8 Å². The summed E-state index contributed by atoms with van der Waals surface area (Å²) in [6.07, 6.45) is -0.0415. The second-order valence-corrected chi connectivity index (χ2v) is 5.13.